The number of hydrogen-bond acceptors (Lipinski definition) is 6. The molecule has 1 unspecified atom stereocenters. The zero-order valence-electron chi connectivity index (χ0n) is 19.8. The van der Waals surface area contributed by atoms with Crippen molar-refractivity contribution in [2.45, 2.75) is 39.3 Å². The van der Waals surface area contributed by atoms with Crippen LogP contribution < -0.4 is 14.8 Å². The summed E-state index contributed by atoms with van der Waals surface area (Å²) in [7, 11) is -0.428. The van der Waals surface area contributed by atoms with Crippen molar-refractivity contribution < 1.29 is 27.5 Å². The van der Waals surface area contributed by atoms with Crippen LogP contribution in [0.4, 0.5) is 5.69 Å². The largest absolute Gasteiger partial charge is 0.493 e. The fourth-order valence-corrected chi connectivity index (χ4v) is 5.00. The second-order valence-corrected chi connectivity index (χ2v) is 10.8. The molecule has 0 spiro atoms. The van der Waals surface area contributed by atoms with Gasteiger partial charge >= 0.3 is 0 Å². The smallest absolute Gasteiger partial charge is 0.255 e. The zero-order valence-corrected chi connectivity index (χ0v) is 20.6. The molecule has 8 nitrogen and oxygen atoms in total. The summed E-state index contributed by atoms with van der Waals surface area (Å²) in [6, 6.07) is 8.09. The summed E-state index contributed by atoms with van der Waals surface area (Å²) in [6.45, 7) is 5.61. The molecular weight excluding hydrogens is 444 g/mol. The molecule has 1 aliphatic heterocycles. The molecular formula is C24H30N2O6S. The average molecular weight is 475 g/mol. The molecule has 178 valence electrons. The minimum atomic E-state index is -3.44. The topological polar surface area (TPSA) is 102 Å². The molecule has 0 bridgehead atoms. The molecule has 1 aliphatic rings. The fourth-order valence-electron chi connectivity index (χ4n) is 4.05. The third-order valence-corrected chi connectivity index (χ3v) is 6.62. The van der Waals surface area contributed by atoms with Crippen molar-refractivity contribution in [1.29, 1.82) is 0 Å². The Morgan fingerprint density at radius 1 is 1.09 bits per heavy atom. The van der Waals surface area contributed by atoms with Crippen LogP contribution in [0.2, 0.25) is 0 Å². The highest BCUT2D eigenvalue weighted by atomic mass is 32.2. The van der Waals surface area contributed by atoms with E-state index in [0.717, 1.165) is 11.8 Å². The number of amides is 2. The Balaban J connectivity index is 2.12. The number of carbonyl (C=O) groups is 2. The summed E-state index contributed by atoms with van der Waals surface area (Å²) in [5, 5.41) is 2.83. The van der Waals surface area contributed by atoms with Crippen molar-refractivity contribution in [3.63, 3.8) is 0 Å². The molecule has 3 rings (SSSR count). The Labute approximate surface area is 194 Å². The molecule has 2 aromatic carbocycles. The van der Waals surface area contributed by atoms with Crippen molar-refractivity contribution in [1.82, 2.24) is 4.90 Å². The van der Waals surface area contributed by atoms with Gasteiger partial charge in [0.2, 0.25) is 5.91 Å². The Bertz CT molecular complexity index is 1190. The monoisotopic (exact) mass is 474 g/mol. The number of rotatable bonds is 8. The molecule has 1 atom stereocenters. The van der Waals surface area contributed by atoms with Crippen LogP contribution in [0.5, 0.6) is 11.5 Å². The first kappa shape index (κ1) is 24.6. The van der Waals surface area contributed by atoms with E-state index in [1.165, 1.54) is 21.1 Å². The van der Waals surface area contributed by atoms with E-state index in [2.05, 4.69) is 5.32 Å². The maximum absolute atomic E-state index is 13.6. The number of methoxy groups -OCH3 is 2. The number of sulfone groups is 1. The number of nitrogens with one attached hydrogen (secondary N) is 1. The molecule has 1 heterocycles. The number of hydrogen-bond donors (Lipinski definition) is 1. The third kappa shape index (κ3) is 5.30. The SMILES string of the molecule is COc1ccc(C(CS(C)(=O)=O)N2Cc3c(NC(C)=O)cc(C(C)C)cc3C2=O)cc1OC. The number of ether oxygens (including phenoxy) is 2. The molecule has 1 N–H and O–H groups in total. The lowest BCUT2D eigenvalue weighted by atomic mass is 9.96. The van der Waals surface area contributed by atoms with E-state index in [0.29, 0.717) is 33.9 Å². The van der Waals surface area contributed by atoms with Gasteiger partial charge in [0.1, 0.15) is 9.84 Å². The van der Waals surface area contributed by atoms with Gasteiger partial charge in [0.25, 0.3) is 5.91 Å². The zero-order chi connectivity index (χ0) is 24.5. The number of nitrogens with zero attached hydrogens (tertiary/aromatic N) is 1. The predicted octanol–water partition coefficient (Wildman–Crippen LogP) is 3.53. The molecule has 0 fully saturated rings. The average Bonchev–Trinajstić information content (AvgIpc) is 3.07. The van der Waals surface area contributed by atoms with Crippen molar-refractivity contribution in [2.24, 2.45) is 0 Å². The van der Waals surface area contributed by atoms with Gasteiger partial charge in [-0.3, -0.25) is 9.59 Å². The minimum absolute atomic E-state index is 0.141. The Hall–Kier alpha value is -3.07. The molecule has 9 heteroatoms. The van der Waals surface area contributed by atoms with Crippen molar-refractivity contribution >= 4 is 27.3 Å². The molecule has 0 aliphatic carbocycles. The lowest BCUT2D eigenvalue weighted by Crippen LogP contribution is -2.33. The number of fused-ring (bicyclic) bond motifs is 1. The van der Waals surface area contributed by atoms with Crippen LogP contribution in [-0.4, -0.2) is 51.4 Å². The molecule has 0 aromatic heterocycles. The van der Waals surface area contributed by atoms with Crippen LogP contribution in [0.25, 0.3) is 0 Å². The van der Waals surface area contributed by atoms with Gasteiger partial charge in [-0.2, -0.15) is 0 Å². The number of carbonyl (C=O) groups excluding carboxylic acids is 2. The van der Waals surface area contributed by atoms with Gasteiger partial charge in [0, 0.05) is 36.5 Å². The van der Waals surface area contributed by atoms with Gasteiger partial charge in [-0.15, -0.1) is 0 Å². The minimum Gasteiger partial charge on any atom is -0.493 e. The van der Waals surface area contributed by atoms with Gasteiger partial charge < -0.3 is 19.7 Å². The fraction of sp³-hybridized carbons (Fsp3) is 0.417. The van der Waals surface area contributed by atoms with E-state index in [9.17, 15) is 18.0 Å². The summed E-state index contributed by atoms with van der Waals surface area (Å²) < 4.78 is 35.3. The molecule has 2 aromatic rings. The van der Waals surface area contributed by atoms with Crippen LogP contribution in [0.15, 0.2) is 30.3 Å². The van der Waals surface area contributed by atoms with E-state index in [4.69, 9.17) is 9.47 Å². The first-order chi connectivity index (χ1) is 15.4. The first-order valence-electron chi connectivity index (χ1n) is 10.6. The van der Waals surface area contributed by atoms with E-state index in [1.54, 1.807) is 23.1 Å². The van der Waals surface area contributed by atoms with Gasteiger partial charge in [0.15, 0.2) is 11.5 Å². The van der Waals surface area contributed by atoms with Crippen LogP contribution in [0.3, 0.4) is 0 Å². The van der Waals surface area contributed by atoms with E-state index >= 15 is 0 Å². The lowest BCUT2D eigenvalue weighted by Gasteiger charge is -2.28. The van der Waals surface area contributed by atoms with Crippen LogP contribution >= 0.6 is 0 Å². The second kappa shape index (κ2) is 9.43. The predicted molar refractivity (Wildman–Crippen MR) is 127 cm³/mol. The van der Waals surface area contributed by atoms with E-state index < -0.39 is 15.9 Å². The maximum atomic E-state index is 13.6. The highest BCUT2D eigenvalue weighted by Gasteiger charge is 2.37. The lowest BCUT2D eigenvalue weighted by molar-refractivity contribution is -0.114. The molecule has 0 saturated heterocycles. The van der Waals surface area contributed by atoms with Crippen LogP contribution in [0.1, 0.15) is 59.8 Å². The van der Waals surface area contributed by atoms with Gasteiger partial charge in [-0.25, -0.2) is 8.42 Å². The maximum Gasteiger partial charge on any atom is 0.255 e. The van der Waals surface area contributed by atoms with Crippen LogP contribution in [-0.2, 0) is 21.2 Å². The quantitative estimate of drug-likeness (QED) is 0.628. The summed E-state index contributed by atoms with van der Waals surface area (Å²) in [5.41, 5.74) is 3.26. The van der Waals surface area contributed by atoms with Gasteiger partial charge in [-0.05, 0) is 41.3 Å². The second-order valence-electron chi connectivity index (χ2n) is 8.59. The first-order valence-corrected chi connectivity index (χ1v) is 12.7. The molecule has 33 heavy (non-hydrogen) atoms. The molecule has 2 amide bonds. The molecule has 0 saturated carbocycles. The van der Waals surface area contributed by atoms with Gasteiger partial charge in [0.05, 0.1) is 26.0 Å². The number of benzene rings is 2. The Morgan fingerprint density at radius 2 is 1.76 bits per heavy atom. The summed E-state index contributed by atoms with van der Waals surface area (Å²) in [5.74, 6) is 0.319. The van der Waals surface area contributed by atoms with Crippen molar-refractivity contribution in [3.8, 4) is 11.5 Å². The standard InChI is InChI=1S/C24H30N2O6S/c1-14(2)17-9-18-19(20(10-17)25-15(3)27)12-26(24(18)28)21(13-33(6,29)30)16-7-8-22(31-4)23(11-16)32-5/h7-11,14,21H,12-13H2,1-6H3,(H,25,27). The number of anilines is 1. The van der Waals surface area contributed by atoms with Gasteiger partial charge in [-0.1, -0.05) is 19.9 Å². The molecule has 0 radical (unpaired) electrons. The summed E-state index contributed by atoms with van der Waals surface area (Å²) in [4.78, 5) is 26.9. The highest BCUT2D eigenvalue weighted by molar-refractivity contribution is 7.90. The third-order valence-electron chi connectivity index (χ3n) is 5.70. The Kier molecular flexibility index (Phi) is 7.02. The van der Waals surface area contributed by atoms with E-state index in [1.807, 2.05) is 26.0 Å². The Morgan fingerprint density at radius 3 is 2.30 bits per heavy atom. The highest BCUT2D eigenvalue weighted by Crippen LogP contribution is 2.39. The summed E-state index contributed by atoms with van der Waals surface area (Å²) >= 11 is 0. The van der Waals surface area contributed by atoms with Crippen molar-refractivity contribution in [3.05, 3.63) is 52.6 Å². The van der Waals surface area contributed by atoms with Crippen LogP contribution in [0, 0.1) is 0 Å². The van der Waals surface area contributed by atoms with E-state index in [-0.39, 0.29) is 30.0 Å². The summed E-state index contributed by atoms with van der Waals surface area (Å²) in [6.07, 6.45) is 1.15. The normalized spacial score (nSPS) is 14.3. The van der Waals surface area contributed by atoms with Crippen molar-refractivity contribution in [2.75, 3.05) is 31.5 Å².